The minimum absolute atomic E-state index is 0.0359. The number of H-pyrrole nitrogens is 1. The van der Waals surface area contributed by atoms with E-state index in [0.717, 1.165) is 110 Å². The molecule has 5 aromatic carbocycles. The van der Waals surface area contributed by atoms with Gasteiger partial charge in [0.05, 0.1) is 47.4 Å². The topological polar surface area (TPSA) is 240 Å². The zero-order valence-electron chi connectivity index (χ0n) is 53.3. The molecule has 9 aromatic rings. The summed E-state index contributed by atoms with van der Waals surface area (Å²) in [5.41, 5.74) is 10.2. The number of fused-ring (bicyclic) bond motifs is 2. The number of rotatable bonds is 21. The van der Waals surface area contributed by atoms with Crippen LogP contribution in [0.2, 0.25) is 5.02 Å². The Bertz CT molecular complexity index is 4320. The second kappa shape index (κ2) is 29.1. The summed E-state index contributed by atoms with van der Waals surface area (Å²) < 4.78 is 52.1. The highest BCUT2D eigenvalue weighted by Gasteiger charge is 2.31. The van der Waals surface area contributed by atoms with Crippen molar-refractivity contribution < 1.29 is 37.1 Å². The van der Waals surface area contributed by atoms with E-state index in [1.54, 1.807) is 56.0 Å². The molecule has 1 amide bonds. The number of aryl methyl sites for hydroxylation is 1. The molecule has 1 aliphatic carbocycles. The maximum atomic E-state index is 13.9. The minimum atomic E-state index is -4.55. The molecule has 4 aromatic heterocycles. The van der Waals surface area contributed by atoms with Crippen LogP contribution in [0.3, 0.4) is 0 Å². The number of allylic oxidation sites excluding steroid dienone is 1. The van der Waals surface area contributed by atoms with Gasteiger partial charge in [-0.2, -0.15) is 0 Å². The molecule has 2 saturated heterocycles. The molecule has 12 rings (SSSR count). The highest BCUT2D eigenvalue weighted by Crippen LogP contribution is 2.44. The number of nitro benzene ring substituents is 1. The molecule has 1 unspecified atom stereocenters. The molecule has 486 valence electrons. The summed E-state index contributed by atoms with van der Waals surface area (Å²) in [6.07, 6.45) is 8.13. The third-order valence-corrected chi connectivity index (χ3v) is 20.1. The Balaban J connectivity index is 0.000000232. The SMILES string of the molecule is CC1(C)CCC(CN2CCN(c3ccc(C(=O)NS(=O)(=O)c4ccc(NCC5CCOCC5)c([N+](=O)[O-])c4)c(Oc4cnc5[nH]ccc5c4)c3)CC2)=C(c2ccc(Cl)cc2)C1.CNCc1ccccc1-c1csc(C(C)Nc2nc(C)nc3cc(OC)c(OC)cc23)c1. The standard InChI is InChI=1S/C45H50ClN7O7S.C25H28N4O2S/c1-45(2)15-11-33(39(26-45)31-3-5-34(46)6-4-31)29-51-17-19-52(20-18-51)35-7-9-38(42(24-35)60-36-23-32-12-16-47-43(32)49-28-36)44(54)50-61(57,58)37-8-10-40(41(25-37)53(55)56)48-27-30-13-21-59-22-14-30;1-15(24-10-18(14-32-24)19-9-7-6-8-17(19)13-26-3)27-25-20-11-22(30-4)23(31-5)12-21(20)28-16(2)29-25/h3-10,12,16,23-25,28,30,48H,11,13-15,17-22,26-27,29H2,1-2H3,(H,47,49)(H,50,54);6-12,14-15,26H,13H2,1-5H3,(H,27,28,29). The van der Waals surface area contributed by atoms with Crippen molar-refractivity contribution in [2.75, 3.05) is 89.3 Å². The summed E-state index contributed by atoms with van der Waals surface area (Å²) in [4.78, 5) is 47.6. The van der Waals surface area contributed by atoms with Crippen molar-refractivity contribution in [3.8, 4) is 34.1 Å². The first-order valence-electron chi connectivity index (χ1n) is 31.2. The zero-order chi connectivity index (χ0) is 65.4. The number of halogens is 1. The van der Waals surface area contributed by atoms with E-state index in [1.807, 2.05) is 44.3 Å². The number of amides is 1. The van der Waals surface area contributed by atoms with Gasteiger partial charge in [-0.1, -0.05) is 67.4 Å². The zero-order valence-corrected chi connectivity index (χ0v) is 55.7. The van der Waals surface area contributed by atoms with Crippen molar-refractivity contribution in [2.45, 2.75) is 77.3 Å². The average molecular weight is 1320 g/mol. The number of anilines is 3. The van der Waals surface area contributed by atoms with Crippen molar-refractivity contribution in [2.24, 2.45) is 11.3 Å². The number of carbonyl (C=O) groups is 1. The van der Waals surface area contributed by atoms with Gasteiger partial charge in [0, 0.05) is 110 Å². The predicted molar refractivity (Wildman–Crippen MR) is 369 cm³/mol. The summed E-state index contributed by atoms with van der Waals surface area (Å²) in [6, 6.07) is 35.1. The van der Waals surface area contributed by atoms with Gasteiger partial charge >= 0.3 is 0 Å². The van der Waals surface area contributed by atoms with E-state index in [9.17, 15) is 23.3 Å². The number of hydrogen-bond donors (Lipinski definition) is 5. The highest BCUT2D eigenvalue weighted by atomic mass is 35.5. The lowest BCUT2D eigenvalue weighted by Gasteiger charge is -2.39. The highest BCUT2D eigenvalue weighted by molar-refractivity contribution is 7.90. The molecular formula is C70H78ClN11O9S2. The summed E-state index contributed by atoms with van der Waals surface area (Å²) in [5, 5.41) is 26.7. The van der Waals surface area contributed by atoms with Crippen LogP contribution in [-0.4, -0.2) is 118 Å². The summed E-state index contributed by atoms with van der Waals surface area (Å²) in [7, 11) is 0.680. The second-order valence-electron chi connectivity index (χ2n) is 24.5. The third-order valence-electron chi connectivity index (χ3n) is 17.4. The smallest absolute Gasteiger partial charge is 0.293 e. The number of benzene rings is 5. The quantitative estimate of drug-likeness (QED) is 0.0332. The normalized spacial score (nSPS) is 15.7. The fraction of sp³-hybridized carbons (Fsp3) is 0.343. The van der Waals surface area contributed by atoms with Gasteiger partial charge in [-0.25, -0.2) is 28.1 Å². The number of piperazine rings is 1. The van der Waals surface area contributed by atoms with E-state index in [4.69, 9.17) is 30.5 Å². The van der Waals surface area contributed by atoms with Crippen LogP contribution >= 0.6 is 22.9 Å². The lowest BCUT2D eigenvalue weighted by atomic mass is 9.72. The molecule has 23 heteroatoms. The monoisotopic (exact) mass is 1320 g/mol. The number of sulfonamides is 1. The van der Waals surface area contributed by atoms with Gasteiger partial charge in [0.25, 0.3) is 21.6 Å². The first-order valence-corrected chi connectivity index (χ1v) is 33.9. The van der Waals surface area contributed by atoms with E-state index in [1.165, 1.54) is 56.6 Å². The largest absolute Gasteiger partial charge is 0.493 e. The van der Waals surface area contributed by atoms with Crippen molar-refractivity contribution in [1.82, 2.24) is 34.9 Å². The number of nitrogens with one attached hydrogen (secondary N) is 5. The maximum Gasteiger partial charge on any atom is 0.293 e. The van der Waals surface area contributed by atoms with Gasteiger partial charge in [0.15, 0.2) is 11.5 Å². The molecule has 93 heavy (non-hydrogen) atoms. The molecule has 2 aliphatic heterocycles. The summed E-state index contributed by atoms with van der Waals surface area (Å²) in [5.74, 6) is 2.60. The number of thiophene rings is 1. The molecule has 0 bridgehead atoms. The molecule has 1 atom stereocenters. The van der Waals surface area contributed by atoms with Crippen LogP contribution in [0.1, 0.15) is 91.1 Å². The molecule has 20 nitrogen and oxygen atoms in total. The number of carbonyl (C=O) groups excluding carboxylic acids is 1. The Morgan fingerprint density at radius 3 is 2.43 bits per heavy atom. The Kier molecular flexibility index (Phi) is 20.6. The van der Waals surface area contributed by atoms with Crippen molar-refractivity contribution in [1.29, 1.82) is 0 Å². The van der Waals surface area contributed by atoms with Crippen LogP contribution in [-0.2, 0) is 21.3 Å². The van der Waals surface area contributed by atoms with Gasteiger partial charge in [0.1, 0.15) is 34.5 Å². The van der Waals surface area contributed by atoms with E-state index in [-0.39, 0.29) is 34.4 Å². The van der Waals surface area contributed by atoms with Gasteiger partial charge in [-0.15, -0.1) is 11.3 Å². The number of aromatic amines is 1. The predicted octanol–water partition coefficient (Wildman–Crippen LogP) is 14.2. The minimum Gasteiger partial charge on any atom is -0.493 e. The van der Waals surface area contributed by atoms with Crippen LogP contribution in [0.25, 0.3) is 38.6 Å². The molecule has 0 radical (unpaired) electrons. The Labute approximate surface area is 551 Å². The fourth-order valence-electron chi connectivity index (χ4n) is 12.2. The van der Waals surface area contributed by atoms with E-state index < -0.39 is 31.4 Å². The van der Waals surface area contributed by atoms with Crippen LogP contribution in [0.15, 0.2) is 144 Å². The first kappa shape index (κ1) is 65.8. The molecular weight excluding hydrogens is 1240 g/mol. The van der Waals surface area contributed by atoms with Crippen LogP contribution in [0.5, 0.6) is 23.0 Å². The molecule has 0 spiro atoms. The maximum absolute atomic E-state index is 13.9. The van der Waals surface area contributed by atoms with E-state index in [2.05, 4.69) is 119 Å². The lowest BCUT2D eigenvalue weighted by Crippen LogP contribution is -2.47. The van der Waals surface area contributed by atoms with Gasteiger partial charge in [-0.3, -0.25) is 19.8 Å². The number of nitrogens with zero attached hydrogens (tertiary/aromatic N) is 6. The van der Waals surface area contributed by atoms with Gasteiger partial charge in [0.2, 0.25) is 0 Å². The molecule has 6 heterocycles. The van der Waals surface area contributed by atoms with Crippen molar-refractivity contribution >= 4 is 89.3 Å². The number of ether oxygens (including phenoxy) is 4. The molecule has 0 saturated carbocycles. The number of nitro groups is 1. The number of aromatic nitrogens is 4. The second-order valence-corrected chi connectivity index (χ2v) is 27.6. The van der Waals surface area contributed by atoms with Gasteiger partial charge in [-0.05, 0) is 158 Å². The van der Waals surface area contributed by atoms with Crippen molar-refractivity contribution in [3.63, 3.8) is 0 Å². The van der Waals surface area contributed by atoms with Crippen LogP contribution in [0.4, 0.5) is 22.9 Å². The lowest BCUT2D eigenvalue weighted by molar-refractivity contribution is -0.384. The molecule has 5 N–H and O–H groups in total. The molecule has 2 fully saturated rings. The third kappa shape index (κ3) is 15.9. The molecule has 3 aliphatic rings. The Hall–Kier alpha value is -8.64. The van der Waals surface area contributed by atoms with E-state index in [0.29, 0.717) is 48.5 Å². The van der Waals surface area contributed by atoms with Crippen LogP contribution in [0, 0.1) is 28.4 Å². The van der Waals surface area contributed by atoms with Crippen LogP contribution < -0.4 is 39.8 Å². The fourth-order valence-corrected chi connectivity index (χ4v) is 14.3. The number of methoxy groups -OCH3 is 2. The summed E-state index contributed by atoms with van der Waals surface area (Å²) in [6.45, 7) is 15.3. The Morgan fingerprint density at radius 1 is 0.914 bits per heavy atom. The van der Waals surface area contributed by atoms with Gasteiger partial charge < -0.3 is 44.8 Å². The van der Waals surface area contributed by atoms with E-state index >= 15 is 0 Å². The number of pyridine rings is 1. The average Bonchev–Trinajstić information content (AvgIpc) is 0.899. The summed E-state index contributed by atoms with van der Waals surface area (Å²) >= 11 is 7.99. The number of hydrogen-bond acceptors (Lipinski definition) is 18. The first-order chi connectivity index (χ1) is 44.8. The van der Waals surface area contributed by atoms with Crippen molar-refractivity contribution in [3.05, 3.63) is 181 Å². The Morgan fingerprint density at radius 2 is 1.68 bits per heavy atom.